The quantitative estimate of drug-likeness (QED) is 0.792. The fourth-order valence-corrected chi connectivity index (χ4v) is 2.44. The number of nitrogens with one attached hydrogen (secondary N) is 1. The Morgan fingerprint density at radius 3 is 2.84 bits per heavy atom. The molecule has 1 N–H and O–H groups in total. The van der Waals surface area contributed by atoms with Gasteiger partial charge in [0.15, 0.2) is 0 Å². The number of nitrogens with zero attached hydrogens (tertiary/aromatic N) is 3. The highest BCUT2D eigenvalue weighted by atomic mass is 19.1. The number of nitriles is 1. The number of carbonyl (C=O) groups is 1. The molecular formula is C18H13FN4O2. The molecule has 2 aromatic carbocycles. The van der Waals surface area contributed by atoms with Crippen molar-refractivity contribution in [1.82, 2.24) is 9.55 Å². The van der Waals surface area contributed by atoms with Gasteiger partial charge in [0.1, 0.15) is 12.2 Å². The second-order valence-electron chi connectivity index (χ2n) is 5.38. The summed E-state index contributed by atoms with van der Waals surface area (Å²) in [4.78, 5) is 28.2. The summed E-state index contributed by atoms with van der Waals surface area (Å²) in [6, 6.07) is 12.7. The molecule has 3 aromatic rings. The van der Waals surface area contributed by atoms with Gasteiger partial charge >= 0.3 is 0 Å². The minimum atomic E-state index is -0.435. The van der Waals surface area contributed by atoms with Crippen LogP contribution in [0.4, 0.5) is 10.1 Å². The molecule has 0 spiro atoms. The number of rotatable bonds is 4. The van der Waals surface area contributed by atoms with Crippen molar-refractivity contribution < 1.29 is 9.18 Å². The van der Waals surface area contributed by atoms with E-state index in [0.29, 0.717) is 22.2 Å². The Morgan fingerprint density at radius 2 is 2.08 bits per heavy atom. The molecule has 0 saturated carbocycles. The summed E-state index contributed by atoms with van der Waals surface area (Å²) < 4.78 is 15.1. The van der Waals surface area contributed by atoms with Gasteiger partial charge in [-0.15, -0.1) is 0 Å². The molecule has 0 unspecified atom stereocenters. The summed E-state index contributed by atoms with van der Waals surface area (Å²) in [6.07, 6.45) is 1.09. The molecule has 1 amide bonds. The van der Waals surface area contributed by atoms with E-state index in [0.717, 1.165) is 0 Å². The Morgan fingerprint density at radius 1 is 1.28 bits per heavy atom. The number of fused-ring (bicyclic) bond motifs is 1. The lowest BCUT2D eigenvalue weighted by Gasteiger charge is -2.09. The molecule has 3 rings (SSSR count). The van der Waals surface area contributed by atoms with Gasteiger partial charge in [-0.25, -0.2) is 9.37 Å². The number of aromatic nitrogens is 2. The van der Waals surface area contributed by atoms with Crippen LogP contribution in [0.15, 0.2) is 53.6 Å². The zero-order valence-electron chi connectivity index (χ0n) is 13.1. The first-order valence-electron chi connectivity index (χ1n) is 7.48. The maximum absolute atomic E-state index is 13.8. The van der Waals surface area contributed by atoms with Crippen molar-refractivity contribution in [3.05, 3.63) is 70.5 Å². The van der Waals surface area contributed by atoms with Crippen LogP contribution >= 0.6 is 0 Å². The molecule has 1 heterocycles. The molecule has 1 aromatic heterocycles. The van der Waals surface area contributed by atoms with Gasteiger partial charge in [0.05, 0.1) is 29.8 Å². The van der Waals surface area contributed by atoms with Crippen molar-refractivity contribution in [2.45, 2.75) is 13.0 Å². The van der Waals surface area contributed by atoms with E-state index in [1.54, 1.807) is 42.5 Å². The van der Waals surface area contributed by atoms with Crippen molar-refractivity contribution >= 4 is 22.5 Å². The van der Waals surface area contributed by atoms with E-state index in [-0.39, 0.29) is 24.3 Å². The van der Waals surface area contributed by atoms with Gasteiger partial charge in [-0.1, -0.05) is 18.2 Å². The minimum absolute atomic E-state index is 0.0785. The number of hydrogen-bond acceptors (Lipinski definition) is 4. The normalized spacial score (nSPS) is 10.4. The molecule has 7 heteroatoms. The highest BCUT2D eigenvalue weighted by Crippen LogP contribution is 2.15. The van der Waals surface area contributed by atoms with Gasteiger partial charge < -0.3 is 5.32 Å². The first-order chi connectivity index (χ1) is 12.1. The van der Waals surface area contributed by atoms with Gasteiger partial charge in [0.2, 0.25) is 5.91 Å². The number of anilines is 1. The van der Waals surface area contributed by atoms with Crippen LogP contribution < -0.4 is 10.9 Å². The maximum Gasteiger partial charge on any atom is 0.261 e. The average molecular weight is 336 g/mol. The van der Waals surface area contributed by atoms with Crippen molar-refractivity contribution in [2.24, 2.45) is 0 Å². The van der Waals surface area contributed by atoms with Crippen LogP contribution in [0, 0.1) is 17.1 Å². The lowest BCUT2D eigenvalue weighted by Crippen LogP contribution is -2.21. The van der Waals surface area contributed by atoms with E-state index in [1.807, 2.05) is 0 Å². The van der Waals surface area contributed by atoms with Crippen molar-refractivity contribution in [2.75, 3.05) is 5.32 Å². The Bertz CT molecular complexity index is 1050. The van der Waals surface area contributed by atoms with Crippen LogP contribution in [0.5, 0.6) is 0 Å². The molecule has 124 valence electrons. The van der Waals surface area contributed by atoms with Crippen molar-refractivity contribution in [3.8, 4) is 6.07 Å². The highest BCUT2D eigenvalue weighted by Gasteiger charge is 2.09. The smallest absolute Gasteiger partial charge is 0.261 e. The number of amides is 1. The zero-order chi connectivity index (χ0) is 17.8. The second-order valence-corrected chi connectivity index (χ2v) is 5.38. The molecule has 0 aliphatic carbocycles. The monoisotopic (exact) mass is 336 g/mol. The molecule has 0 fully saturated rings. The fourth-order valence-electron chi connectivity index (χ4n) is 2.44. The summed E-state index contributed by atoms with van der Waals surface area (Å²) in [5.41, 5.74) is 0.949. The van der Waals surface area contributed by atoms with E-state index in [1.165, 1.54) is 17.0 Å². The third-order valence-corrected chi connectivity index (χ3v) is 3.65. The third-order valence-electron chi connectivity index (χ3n) is 3.65. The molecule has 0 aliphatic heterocycles. The first kappa shape index (κ1) is 16.3. The molecule has 25 heavy (non-hydrogen) atoms. The predicted octanol–water partition coefficient (Wildman–Crippen LogP) is 2.44. The summed E-state index contributed by atoms with van der Waals surface area (Å²) in [7, 11) is 0. The molecule has 0 radical (unpaired) electrons. The Hall–Kier alpha value is -3.53. The lowest BCUT2D eigenvalue weighted by molar-refractivity contribution is -0.115. The second kappa shape index (κ2) is 6.93. The van der Waals surface area contributed by atoms with Crippen LogP contribution in [0.1, 0.15) is 12.0 Å². The van der Waals surface area contributed by atoms with E-state index >= 15 is 0 Å². The topological polar surface area (TPSA) is 87.8 Å². The van der Waals surface area contributed by atoms with Gasteiger partial charge in [0.25, 0.3) is 5.56 Å². The summed E-state index contributed by atoms with van der Waals surface area (Å²) in [5, 5.41) is 11.4. The van der Waals surface area contributed by atoms with Crippen molar-refractivity contribution in [3.63, 3.8) is 0 Å². The van der Waals surface area contributed by atoms with Gasteiger partial charge in [-0.3, -0.25) is 14.2 Å². The molecule has 6 nitrogen and oxygen atoms in total. The maximum atomic E-state index is 13.8. The summed E-state index contributed by atoms with van der Waals surface area (Å²) >= 11 is 0. The molecular weight excluding hydrogens is 323 g/mol. The number of carbonyl (C=O) groups excluding carboxylic acids is 1. The molecule has 0 atom stereocenters. The summed E-state index contributed by atoms with van der Waals surface area (Å²) in [6.45, 7) is 0.0785. The average Bonchev–Trinajstić information content (AvgIpc) is 2.59. The van der Waals surface area contributed by atoms with E-state index in [4.69, 9.17) is 5.26 Å². The van der Waals surface area contributed by atoms with Gasteiger partial charge in [-0.2, -0.15) is 5.26 Å². The van der Waals surface area contributed by atoms with Crippen molar-refractivity contribution in [1.29, 1.82) is 5.26 Å². The standard InChI is InChI=1S/C18H13FN4O2/c19-15-4-2-1-3-12(15)10-23-11-21-16-9-13(22-17(24)7-8-20)5-6-14(16)18(23)25/h1-6,9,11H,7,10H2,(H,22,24). The van der Waals surface area contributed by atoms with E-state index in [9.17, 15) is 14.0 Å². The predicted molar refractivity (Wildman–Crippen MR) is 90.4 cm³/mol. The lowest BCUT2D eigenvalue weighted by atomic mass is 10.2. The van der Waals surface area contributed by atoms with Crippen LogP contribution in [0.25, 0.3) is 10.9 Å². The largest absolute Gasteiger partial charge is 0.325 e. The first-order valence-corrected chi connectivity index (χ1v) is 7.48. The number of benzene rings is 2. The fraction of sp³-hybridized carbons (Fsp3) is 0.111. The van der Waals surface area contributed by atoms with Gasteiger partial charge in [-0.05, 0) is 24.3 Å². The van der Waals surface area contributed by atoms with Gasteiger partial charge in [0, 0.05) is 11.3 Å². The molecule has 0 aliphatic rings. The Balaban J connectivity index is 1.93. The Kier molecular flexibility index (Phi) is 4.53. The third kappa shape index (κ3) is 3.53. The number of hydrogen-bond donors (Lipinski definition) is 1. The van der Waals surface area contributed by atoms with Crippen LogP contribution in [0.2, 0.25) is 0 Å². The van der Waals surface area contributed by atoms with Crippen LogP contribution in [0.3, 0.4) is 0 Å². The van der Waals surface area contributed by atoms with E-state index in [2.05, 4.69) is 10.3 Å². The highest BCUT2D eigenvalue weighted by molar-refractivity contribution is 5.94. The number of halogens is 1. The molecule has 0 bridgehead atoms. The van der Waals surface area contributed by atoms with Crippen LogP contribution in [-0.4, -0.2) is 15.5 Å². The van der Waals surface area contributed by atoms with Crippen LogP contribution in [-0.2, 0) is 11.3 Å². The minimum Gasteiger partial charge on any atom is -0.325 e. The molecule has 0 saturated heterocycles. The SMILES string of the molecule is N#CCC(=O)Nc1ccc2c(=O)n(Cc3ccccc3F)cnc2c1. The zero-order valence-corrected chi connectivity index (χ0v) is 13.1. The summed E-state index contributed by atoms with van der Waals surface area (Å²) in [5.74, 6) is -0.820. The van der Waals surface area contributed by atoms with E-state index < -0.39 is 5.91 Å². The Labute approximate surface area is 142 Å².